The Hall–Kier alpha value is -0.610. The molecule has 1 heterocycles. The fourth-order valence-electron chi connectivity index (χ4n) is 2.52. The lowest BCUT2D eigenvalue weighted by molar-refractivity contribution is -0.0163. The van der Waals surface area contributed by atoms with Crippen LogP contribution in [0.3, 0.4) is 0 Å². The summed E-state index contributed by atoms with van der Waals surface area (Å²) in [4.78, 5) is 2.36. The quantitative estimate of drug-likeness (QED) is 0.911. The van der Waals surface area contributed by atoms with Gasteiger partial charge in [-0.2, -0.15) is 0 Å². The molecule has 2 N–H and O–H groups in total. The SMILES string of the molecule is CN(Cc1ccc(Cl)cc1)C1(CN)CCOCC1. The smallest absolute Gasteiger partial charge is 0.0484 e. The molecule has 1 aliphatic heterocycles. The maximum atomic E-state index is 6.00. The molecule has 100 valence electrons. The summed E-state index contributed by atoms with van der Waals surface area (Å²) in [5, 5.41) is 0.779. The number of nitrogens with zero attached hydrogens (tertiary/aromatic N) is 1. The molecule has 1 saturated heterocycles. The fraction of sp³-hybridized carbons (Fsp3) is 0.571. The first kappa shape index (κ1) is 13.8. The average Bonchev–Trinajstić information content (AvgIpc) is 2.42. The topological polar surface area (TPSA) is 38.5 Å². The molecule has 0 aromatic heterocycles. The number of halogens is 1. The third-order valence-electron chi connectivity index (χ3n) is 3.95. The maximum absolute atomic E-state index is 6.00. The van der Waals surface area contributed by atoms with Crippen molar-refractivity contribution in [3.63, 3.8) is 0 Å². The van der Waals surface area contributed by atoms with E-state index < -0.39 is 0 Å². The largest absolute Gasteiger partial charge is 0.381 e. The van der Waals surface area contributed by atoms with Crippen LogP contribution in [0.2, 0.25) is 5.02 Å². The van der Waals surface area contributed by atoms with Gasteiger partial charge in [-0.15, -0.1) is 0 Å². The predicted octanol–water partition coefficient (Wildman–Crippen LogP) is 2.28. The highest BCUT2D eigenvalue weighted by atomic mass is 35.5. The fourth-order valence-corrected chi connectivity index (χ4v) is 2.65. The Labute approximate surface area is 114 Å². The van der Waals surface area contributed by atoms with Crippen LogP contribution in [-0.2, 0) is 11.3 Å². The summed E-state index contributed by atoms with van der Waals surface area (Å²) in [6.45, 7) is 3.19. The molecule has 0 unspecified atom stereocenters. The molecular formula is C14H21ClN2O. The number of nitrogens with two attached hydrogens (primary N) is 1. The lowest BCUT2D eigenvalue weighted by atomic mass is 9.88. The average molecular weight is 269 g/mol. The van der Waals surface area contributed by atoms with Crippen molar-refractivity contribution in [2.45, 2.75) is 24.9 Å². The van der Waals surface area contributed by atoms with E-state index in [1.54, 1.807) is 0 Å². The molecule has 1 aromatic rings. The van der Waals surface area contributed by atoms with E-state index in [4.69, 9.17) is 22.1 Å². The Balaban J connectivity index is 2.05. The Morgan fingerprint density at radius 2 is 1.89 bits per heavy atom. The number of hydrogen-bond donors (Lipinski definition) is 1. The molecule has 18 heavy (non-hydrogen) atoms. The first-order chi connectivity index (χ1) is 8.66. The molecule has 1 aliphatic rings. The minimum atomic E-state index is 0.0812. The van der Waals surface area contributed by atoms with Gasteiger partial charge in [-0.25, -0.2) is 0 Å². The van der Waals surface area contributed by atoms with Crippen LogP contribution in [0.1, 0.15) is 18.4 Å². The molecule has 4 heteroatoms. The van der Waals surface area contributed by atoms with E-state index in [-0.39, 0.29) is 5.54 Å². The second-order valence-corrected chi connectivity index (χ2v) is 5.46. The lowest BCUT2D eigenvalue weighted by Crippen LogP contribution is -2.54. The molecule has 0 aliphatic carbocycles. The van der Waals surface area contributed by atoms with Gasteiger partial charge in [-0.1, -0.05) is 23.7 Å². The number of likely N-dealkylation sites (N-methyl/N-ethyl adjacent to an activating group) is 1. The minimum Gasteiger partial charge on any atom is -0.381 e. The molecule has 1 aromatic carbocycles. The van der Waals surface area contributed by atoms with Gasteiger partial charge in [0.2, 0.25) is 0 Å². The Bertz CT molecular complexity index is 374. The zero-order chi connectivity index (χ0) is 13.0. The molecule has 0 spiro atoms. The Morgan fingerprint density at radius 1 is 1.28 bits per heavy atom. The van der Waals surface area contributed by atoms with E-state index in [0.29, 0.717) is 6.54 Å². The molecule has 0 radical (unpaired) electrons. The third-order valence-corrected chi connectivity index (χ3v) is 4.20. The monoisotopic (exact) mass is 268 g/mol. The Kier molecular flexibility index (Phi) is 4.62. The highest BCUT2D eigenvalue weighted by Gasteiger charge is 2.35. The van der Waals surface area contributed by atoms with Gasteiger partial charge in [0.1, 0.15) is 0 Å². The second-order valence-electron chi connectivity index (χ2n) is 5.02. The van der Waals surface area contributed by atoms with Crippen LogP contribution in [0, 0.1) is 0 Å². The summed E-state index contributed by atoms with van der Waals surface area (Å²) >= 11 is 5.90. The molecule has 3 nitrogen and oxygen atoms in total. The molecule has 0 bridgehead atoms. The van der Waals surface area contributed by atoms with Crippen molar-refractivity contribution in [3.8, 4) is 0 Å². The standard InChI is InChI=1S/C14H21ClN2O/c1-17(10-12-2-4-13(15)5-3-12)14(11-16)6-8-18-9-7-14/h2-5H,6-11,16H2,1H3. The summed E-state index contributed by atoms with van der Waals surface area (Å²) in [5.74, 6) is 0. The van der Waals surface area contributed by atoms with E-state index >= 15 is 0 Å². The van der Waals surface area contributed by atoms with E-state index in [0.717, 1.165) is 37.6 Å². The zero-order valence-corrected chi connectivity index (χ0v) is 11.6. The summed E-state index contributed by atoms with van der Waals surface area (Å²) in [6.07, 6.45) is 2.02. The highest BCUT2D eigenvalue weighted by molar-refractivity contribution is 6.30. The van der Waals surface area contributed by atoms with Crippen LogP contribution in [-0.4, -0.2) is 37.2 Å². The van der Waals surface area contributed by atoms with Crippen LogP contribution >= 0.6 is 11.6 Å². The summed E-state index contributed by atoms with van der Waals surface area (Å²) < 4.78 is 5.44. The lowest BCUT2D eigenvalue weighted by Gasteiger charge is -2.44. The minimum absolute atomic E-state index is 0.0812. The van der Waals surface area contributed by atoms with Gasteiger partial charge in [-0.3, -0.25) is 4.90 Å². The van der Waals surface area contributed by atoms with Crippen molar-refractivity contribution < 1.29 is 4.74 Å². The number of rotatable bonds is 4. The molecular weight excluding hydrogens is 248 g/mol. The highest BCUT2D eigenvalue weighted by Crippen LogP contribution is 2.27. The zero-order valence-electron chi connectivity index (χ0n) is 10.9. The van der Waals surface area contributed by atoms with Gasteiger partial charge in [0.25, 0.3) is 0 Å². The van der Waals surface area contributed by atoms with Gasteiger partial charge in [0.15, 0.2) is 0 Å². The summed E-state index contributed by atoms with van der Waals surface area (Å²) in [6, 6.07) is 8.01. The Morgan fingerprint density at radius 3 is 2.44 bits per heavy atom. The van der Waals surface area contributed by atoms with E-state index in [9.17, 15) is 0 Å². The third kappa shape index (κ3) is 3.04. The normalized spacial score (nSPS) is 19.1. The van der Waals surface area contributed by atoms with Crippen molar-refractivity contribution in [2.75, 3.05) is 26.8 Å². The molecule has 0 atom stereocenters. The van der Waals surface area contributed by atoms with Crippen LogP contribution in [0.15, 0.2) is 24.3 Å². The van der Waals surface area contributed by atoms with Crippen molar-refractivity contribution in [1.82, 2.24) is 4.90 Å². The van der Waals surface area contributed by atoms with Crippen LogP contribution in [0.5, 0.6) is 0 Å². The van der Waals surface area contributed by atoms with E-state index in [1.807, 2.05) is 12.1 Å². The number of benzene rings is 1. The summed E-state index contributed by atoms with van der Waals surface area (Å²) in [7, 11) is 2.15. The molecule has 0 saturated carbocycles. The number of hydrogen-bond acceptors (Lipinski definition) is 3. The molecule has 0 amide bonds. The first-order valence-corrected chi connectivity index (χ1v) is 6.78. The van der Waals surface area contributed by atoms with Crippen molar-refractivity contribution in [2.24, 2.45) is 5.73 Å². The van der Waals surface area contributed by atoms with Gasteiger partial charge in [-0.05, 0) is 37.6 Å². The maximum Gasteiger partial charge on any atom is 0.0484 e. The van der Waals surface area contributed by atoms with E-state index in [2.05, 4.69) is 24.1 Å². The van der Waals surface area contributed by atoms with Crippen LogP contribution in [0.25, 0.3) is 0 Å². The molecule has 2 rings (SSSR count). The second kappa shape index (κ2) is 6.02. The molecule has 1 fully saturated rings. The summed E-state index contributed by atoms with van der Waals surface area (Å²) in [5.41, 5.74) is 7.34. The van der Waals surface area contributed by atoms with E-state index in [1.165, 1.54) is 5.56 Å². The van der Waals surface area contributed by atoms with Crippen LogP contribution < -0.4 is 5.73 Å². The van der Waals surface area contributed by atoms with Gasteiger partial charge in [0.05, 0.1) is 0 Å². The predicted molar refractivity (Wildman–Crippen MR) is 74.8 cm³/mol. The first-order valence-electron chi connectivity index (χ1n) is 6.40. The van der Waals surface area contributed by atoms with Gasteiger partial charge in [0, 0.05) is 36.9 Å². The van der Waals surface area contributed by atoms with Crippen molar-refractivity contribution >= 4 is 11.6 Å². The van der Waals surface area contributed by atoms with Gasteiger partial charge >= 0.3 is 0 Å². The number of ether oxygens (including phenoxy) is 1. The van der Waals surface area contributed by atoms with Crippen molar-refractivity contribution in [1.29, 1.82) is 0 Å². The van der Waals surface area contributed by atoms with Crippen LogP contribution in [0.4, 0.5) is 0 Å². The van der Waals surface area contributed by atoms with Crippen molar-refractivity contribution in [3.05, 3.63) is 34.9 Å². The van der Waals surface area contributed by atoms with Gasteiger partial charge < -0.3 is 10.5 Å².